The van der Waals surface area contributed by atoms with E-state index in [1.165, 1.54) is 5.01 Å². The highest BCUT2D eigenvalue weighted by molar-refractivity contribution is 7.98. The van der Waals surface area contributed by atoms with Gasteiger partial charge in [-0.1, -0.05) is 18.7 Å². The van der Waals surface area contributed by atoms with Gasteiger partial charge in [-0.3, -0.25) is 0 Å². The maximum absolute atomic E-state index is 5.68. The van der Waals surface area contributed by atoms with E-state index >= 15 is 0 Å². The average Bonchev–Trinajstić information content (AvgIpc) is 2.73. The van der Waals surface area contributed by atoms with E-state index in [1.807, 2.05) is 6.92 Å². The molecular weight excluding hydrogens is 252 g/mol. The second kappa shape index (κ2) is 5.46. The van der Waals surface area contributed by atoms with Gasteiger partial charge in [0, 0.05) is 22.9 Å². The molecule has 2 rings (SSSR count). The molecule has 0 radical (unpaired) electrons. The van der Waals surface area contributed by atoms with Gasteiger partial charge in [-0.2, -0.15) is 0 Å². The maximum Gasteiger partial charge on any atom is 0.190 e. The fourth-order valence-electron chi connectivity index (χ4n) is 1.35. The fraction of sp³-hybridized carbons (Fsp3) is 0.364. The fourth-order valence-corrected chi connectivity index (χ4v) is 3.00. The van der Waals surface area contributed by atoms with Gasteiger partial charge in [0.25, 0.3) is 0 Å². The van der Waals surface area contributed by atoms with E-state index in [-0.39, 0.29) is 0 Å². The molecule has 6 heteroatoms. The predicted molar refractivity (Wildman–Crippen MR) is 72.2 cm³/mol. The Balaban J connectivity index is 2.01. The Bertz CT molecular complexity index is 490. The summed E-state index contributed by atoms with van der Waals surface area (Å²) in [5.74, 6) is 1.31. The van der Waals surface area contributed by atoms with Crippen molar-refractivity contribution in [1.82, 2.24) is 15.0 Å². The van der Waals surface area contributed by atoms with Crippen LogP contribution >= 0.6 is 23.1 Å². The number of hydrogen-bond acceptors (Lipinski definition) is 6. The first-order valence-corrected chi connectivity index (χ1v) is 7.21. The third-order valence-electron chi connectivity index (χ3n) is 2.10. The largest absolute Gasteiger partial charge is 0.384 e. The Morgan fingerprint density at radius 3 is 2.82 bits per heavy atom. The van der Waals surface area contributed by atoms with Gasteiger partial charge in [-0.05, 0) is 13.3 Å². The highest BCUT2D eigenvalue weighted by Gasteiger charge is 2.04. The van der Waals surface area contributed by atoms with Crippen molar-refractivity contribution < 1.29 is 0 Å². The number of aromatic nitrogens is 3. The second-order valence-electron chi connectivity index (χ2n) is 3.59. The zero-order valence-corrected chi connectivity index (χ0v) is 11.4. The van der Waals surface area contributed by atoms with E-state index in [0.717, 1.165) is 23.6 Å². The summed E-state index contributed by atoms with van der Waals surface area (Å²) in [6, 6.07) is 1.77. The molecule has 0 saturated carbocycles. The monoisotopic (exact) mass is 266 g/mol. The standard InChI is InChI=1S/C11H14N4S2/c1-3-10-14-8(5-16-10)6-17-11-13-7(2)4-9(12)15-11/h4-5H,3,6H2,1-2H3,(H2,12,13,15). The summed E-state index contributed by atoms with van der Waals surface area (Å²) < 4.78 is 0. The van der Waals surface area contributed by atoms with Crippen LogP contribution in [0.15, 0.2) is 16.6 Å². The lowest BCUT2D eigenvalue weighted by Crippen LogP contribution is -1.96. The van der Waals surface area contributed by atoms with E-state index in [1.54, 1.807) is 29.2 Å². The number of rotatable bonds is 4. The minimum atomic E-state index is 0.521. The highest BCUT2D eigenvalue weighted by Crippen LogP contribution is 2.21. The average molecular weight is 266 g/mol. The van der Waals surface area contributed by atoms with Crippen LogP contribution in [0.4, 0.5) is 5.82 Å². The summed E-state index contributed by atoms with van der Waals surface area (Å²) in [5.41, 5.74) is 7.66. The molecule has 0 fully saturated rings. The zero-order chi connectivity index (χ0) is 12.3. The zero-order valence-electron chi connectivity index (χ0n) is 9.80. The number of anilines is 1. The van der Waals surface area contributed by atoms with E-state index in [2.05, 4.69) is 27.3 Å². The quantitative estimate of drug-likeness (QED) is 0.681. The smallest absolute Gasteiger partial charge is 0.190 e. The van der Waals surface area contributed by atoms with Crippen LogP contribution in [0.5, 0.6) is 0 Å². The Morgan fingerprint density at radius 1 is 1.35 bits per heavy atom. The van der Waals surface area contributed by atoms with Gasteiger partial charge in [-0.25, -0.2) is 15.0 Å². The lowest BCUT2D eigenvalue weighted by atomic mass is 10.4. The molecule has 0 saturated heterocycles. The van der Waals surface area contributed by atoms with Crippen LogP contribution in [-0.4, -0.2) is 15.0 Å². The van der Waals surface area contributed by atoms with Crippen LogP contribution < -0.4 is 5.73 Å². The first-order chi connectivity index (χ1) is 8.17. The molecule has 0 aliphatic carbocycles. The van der Waals surface area contributed by atoms with Crippen molar-refractivity contribution in [1.29, 1.82) is 0 Å². The Labute approximate surface area is 109 Å². The molecule has 0 spiro atoms. The number of nitrogens with two attached hydrogens (primary N) is 1. The minimum Gasteiger partial charge on any atom is -0.384 e. The van der Waals surface area contributed by atoms with Crippen molar-refractivity contribution in [3.05, 3.63) is 27.8 Å². The lowest BCUT2D eigenvalue weighted by Gasteiger charge is -2.01. The van der Waals surface area contributed by atoms with Gasteiger partial charge in [0.05, 0.1) is 10.7 Å². The number of aryl methyl sites for hydroxylation is 2. The van der Waals surface area contributed by atoms with Gasteiger partial charge in [0.1, 0.15) is 5.82 Å². The Morgan fingerprint density at radius 2 is 2.18 bits per heavy atom. The van der Waals surface area contributed by atoms with Crippen molar-refractivity contribution in [2.45, 2.75) is 31.2 Å². The molecule has 2 aromatic rings. The van der Waals surface area contributed by atoms with Gasteiger partial charge in [-0.15, -0.1) is 11.3 Å². The molecule has 0 aliphatic rings. The maximum atomic E-state index is 5.68. The minimum absolute atomic E-state index is 0.521. The van der Waals surface area contributed by atoms with Gasteiger partial charge < -0.3 is 5.73 Å². The molecule has 4 nitrogen and oxygen atoms in total. The van der Waals surface area contributed by atoms with Crippen LogP contribution in [0.3, 0.4) is 0 Å². The van der Waals surface area contributed by atoms with Crippen molar-refractivity contribution >= 4 is 28.9 Å². The summed E-state index contributed by atoms with van der Waals surface area (Å²) in [7, 11) is 0. The number of nitrogens with zero attached hydrogens (tertiary/aromatic N) is 3. The predicted octanol–water partition coefficient (Wildman–Crippen LogP) is 2.68. The van der Waals surface area contributed by atoms with Crippen LogP contribution in [-0.2, 0) is 12.2 Å². The summed E-state index contributed by atoms with van der Waals surface area (Å²) in [5, 5.41) is 3.98. The molecule has 0 unspecified atom stereocenters. The van der Waals surface area contributed by atoms with Gasteiger partial charge in [0.15, 0.2) is 5.16 Å². The molecule has 0 bridgehead atoms. The van der Waals surface area contributed by atoms with Crippen LogP contribution in [0.25, 0.3) is 0 Å². The molecule has 90 valence electrons. The number of nitrogen functional groups attached to an aromatic ring is 1. The van der Waals surface area contributed by atoms with Crippen LogP contribution in [0, 0.1) is 6.92 Å². The third-order valence-corrected chi connectivity index (χ3v) is 4.03. The van der Waals surface area contributed by atoms with Crippen molar-refractivity contribution in [3.63, 3.8) is 0 Å². The summed E-state index contributed by atoms with van der Waals surface area (Å²) >= 11 is 3.27. The van der Waals surface area contributed by atoms with Gasteiger partial charge >= 0.3 is 0 Å². The normalized spacial score (nSPS) is 10.7. The Kier molecular flexibility index (Phi) is 3.96. The lowest BCUT2D eigenvalue weighted by molar-refractivity contribution is 0.938. The Hall–Kier alpha value is -1.14. The first-order valence-electron chi connectivity index (χ1n) is 5.34. The number of thioether (sulfide) groups is 1. The molecule has 2 heterocycles. The highest BCUT2D eigenvalue weighted by atomic mass is 32.2. The first kappa shape index (κ1) is 12.3. The molecule has 0 aliphatic heterocycles. The van der Waals surface area contributed by atoms with Crippen molar-refractivity contribution in [2.24, 2.45) is 0 Å². The van der Waals surface area contributed by atoms with Gasteiger partial charge in [0.2, 0.25) is 0 Å². The molecule has 2 aromatic heterocycles. The van der Waals surface area contributed by atoms with E-state index < -0.39 is 0 Å². The van der Waals surface area contributed by atoms with Crippen molar-refractivity contribution in [3.8, 4) is 0 Å². The molecule has 0 atom stereocenters. The topological polar surface area (TPSA) is 64.7 Å². The summed E-state index contributed by atoms with van der Waals surface area (Å²) in [4.78, 5) is 13.0. The van der Waals surface area contributed by atoms with E-state index in [0.29, 0.717) is 11.0 Å². The molecule has 2 N–H and O–H groups in total. The molecule has 0 amide bonds. The second-order valence-corrected chi connectivity index (χ2v) is 5.48. The summed E-state index contributed by atoms with van der Waals surface area (Å²) in [6.07, 6.45) is 0.989. The van der Waals surface area contributed by atoms with E-state index in [9.17, 15) is 0 Å². The molecule has 17 heavy (non-hydrogen) atoms. The third kappa shape index (κ3) is 3.41. The SMILES string of the molecule is CCc1nc(CSc2nc(C)cc(N)n2)cs1. The van der Waals surface area contributed by atoms with Crippen LogP contribution in [0.2, 0.25) is 0 Å². The number of hydrogen-bond donors (Lipinski definition) is 1. The summed E-state index contributed by atoms with van der Waals surface area (Å²) in [6.45, 7) is 4.03. The molecular formula is C11H14N4S2. The van der Waals surface area contributed by atoms with Crippen LogP contribution in [0.1, 0.15) is 23.3 Å². The van der Waals surface area contributed by atoms with E-state index in [4.69, 9.17) is 5.73 Å². The molecule has 0 aromatic carbocycles. The van der Waals surface area contributed by atoms with Crippen molar-refractivity contribution in [2.75, 3.05) is 5.73 Å². The number of thiazole rings is 1.